The number of benzene rings is 2. The Balaban J connectivity index is 1.77. The van der Waals surface area contributed by atoms with Crippen LogP contribution in [0, 0.1) is 6.92 Å². The molecule has 2 aromatic rings. The van der Waals surface area contributed by atoms with Gasteiger partial charge in [0.05, 0.1) is 26.2 Å². The molecule has 212 valence electrons. The summed E-state index contributed by atoms with van der Waals surface area (Å²) in [7, 11) is 2.73. The van der Waals surface area contributed by atoms with Gasteiger partial charge >= 0.3 is 23.9 Å². The molecule has 2 aromatic carbocycles. The quantitative estimate of drug-likeness (QED) is 0.223. The van der Waals surface area contributed by atoms with E-state index in [0.717, 1.165) is 5.57 Å². The minimum atomic E-state index is -0.918. The SMILES string of the molecule is COC(=O)c1ccc(NC(=O)CCC(=O)Oc2c(C/C=C(\C)CCC(=O)O)c(OC)c(C)c3c2C(=O)OC3)cc1. The van der Waals surface area contributed by atoms with Gasteiger partial charge in [-0.15, -0.1) is 0 Å². The third-order valence-electron chi connectivity index (χ3n) is 6.38. The van der Waals surface area contributed by atoms with Gasteiger partial charge in [-0.25, -0.2) is 9.59 Å². The van der Waals surface area contributed by atoms with Crippen LogP contribution < -0.4 is 14.8 Å². The summed E-state index contributed by atoms with van der Waals surface area (Å²) >= 11 is 0. The third-order valence-corrected chi connectivity index (χ3v) is 6.38. The van der Waals surface area contributed by atoms with Crippen LogP contribution in [-0.4, -0.2) is 49.1 Å². The number of nitrogens with one attached hydrogen (secondary N) is 1. The Kier molecular flexibility index (Phi) is 10.0. The first kappa shape index (κ1) is 29.9. The van der Waals surface area contributed by atoms with Gasteiger partial charge in [-0.05, 0) is 56.5 Å². The molecule has 2 N–H and O–H groups in total. The van der Waals surface area contributed by atoms with Gasteiger partial charge in [0.25, 0.3) is 0 Å². The molecule has 0 aliphatic carbocycles. The number of carboxylic acids is 1. The molecule has 0 radical (unpaired) electrons. The minimum absolute atomic E-state index is 0.00559. The summed E-state index contributed by atoms with van der Waals surface area (Å²) in [5.41, 5.74) is 3.36. The first-order chi connectivity index (χ1) is 19.0. The second kappa shape index (κ2) is 13.4. The van der Waals surface area contributed by atoms with Crippen LogP contribution in [0.5, 0.6) is 11.5 Å². The van der Waals surface area contributed by atoms with E-state index >= 15 is 0 Å². The molecule has 1 aliphatic heterocycles. The molecule has 0 saturated heterocycles. The lowest BCUT2D eigenvalue weighted by Crippen LogP contribution is -2.18. The number of fused-ring (bicyclic) bond motifs is 1. The number of carbonyl (C=O) groups excluding carboxylic acids is 4. The maximum absolute atomic E-state index is 12.9. The van der Waals surface area contributed by atoms with Gasteiger partial charge in [-0.2, -0.15) is 0 Å². The molecule has 11 heteroatoms. The van der Waals surface area contributed by atoms with E-state index in [4.69, 9.17) is 19.3 Å². The van der Waals surface area contributed by atoms with Crippen LogP contribution in [0.15, 0.2) is 35.9 Å². The zero-order chi connectivity index (χ0) is 29.4. The molecule has 1 amide bonds. The number of aliphatic carboxylic acids is 1. The fourth-order valence-corrected chi connectivity index (χ4v) is 4.22. The van der Waals surface area contributed by atoms with Crippen molar-refractivity contribution in [3.63, 3.8) is 0 Å². The Bertz CT molecular complexity index is 1360. The zero-order valence-electron chi connectivity index (χ0n) is 22.8. The Morgan fingerprint density at radius 1 is 1.02 bits per heavy atom. The molecule has 0 fully saturated rings. The Hall–Kier alpha value is -4.67. The molecule has 3 rings (SSSR count). The first-order valence-electron chi connectivity index (χ1n) is 12.5. The van der Waals surface area contributed by atoms with E-state index in [2.05, 4.69) is 10.1 Å². The zero-order valence-corrected chi connectivity index (χ0v) is 22.8. The number of carbonyl (C=O) groups is 5. The summed E-state index contributed by atoms with van der Waals surface area (Å²) < 4.78 is 21.1. The van der Waals surface area contributed by atoms with E-state index < -0.39 is 29.8 Å². The standard InChI is InChI=1S/C29H31NO10/c1-16(6-13-23(32)33)5-11-20-26(37-3)17(2)21-15-39-29(36)25(21)27(20)40-24(34)14-12-22(31)30-19-9-7-18(8-10-19)28(35)38-4/h5,7-10H,6,11-15H2,1-4H3,(H,30,31)(H,32,33)/b16-5+. The summed E-state index contributed by atoms with van der Waals surface area (Å²) in [6.45, 7) is 3.57. The molecule has 0 aromatic heterocycles. The number of esters is 3. The molecule has 0 bridgehead atoms. The van der Waals surface area contributed by atoms with E-state index in [9.17, 15) is 24.0 Å². The number of methoxy groups -OCH3 is 2. The van der Waals surface area contributed by atoms with Crippen LogP contribution in [-0.2, 0) is 36.9 Å². The van der Waals surface area contributed by atoms with E-state index in [1.54, 1.807) is 19.9 Å². The lowest BCUT2D eigenvalue weighted by Gasteiger charge is -2.19. The Labute approximate surface area is 231 Å². The fourth-order valence-electron chi connectivity index (χ4n) is 4.22. The van der Waals surface area contributed by atoms with Gasteiger partial charge < -0.3 is 29.4 Å². The van der Waals surface area contributed by atoms with Crippen LogP contribution >= 0.6 is 0 Å². The van der Waals surface area contributed by atoms with E-state index in [-0.39, 0.29) is 43.6 Å². The Morgan fingerprint density at radius 2 is 1.73 bits per heavy atom. The maximum atomic E-state index is 12.9. The number of cyclic esters (lactones) is 1. The monoisotopic (exact) mass is 553 g/mol. The highest BCUT2D eigenvalue weighted by Gasteiger charge is 2.34. The summed E-state index contributed by atoms with van der Waals surface area (Å²) in [4.78, 5) is 60.4. The van der Waals surface area contributed by atoms with Crippen molar-refractivity contribution in [1.82, 2.24) is 0 Å². The van der Waals surface area contributed by atoms with Crippen molar-refractivity contribution in [3.8, 4) is 11.5 Å². The molecule has 40 heavy (non-hydrogen) atoms. The number of ether oxygens (including phenoxy) is 4. The highest BCUT2D eigenvalue weighted by atomic mass is 16.6. The molecule has 0 atom stereocenters. The normalized spacial score (nSPS) is 12.3. The maximum Gasteiger partial charge on any atom is 0.342 e. The molecular weight excluding hydrogens is 522 g/mol. The number of amides is 1. The van der Waals surface area contributed by atoms with Crippen LogP contribution in [0.4, 0.5) is 5.69 Å². The van der Waals surface area contributed by atoms with Gasteiger partial charge in [0, 0.05) is 29.7 Å². The number of hydrogen-bond acceptors (Lipinski definition) is 9. The molecular formula is C29H31NO10. The number of rotatable bonds is 12. The van der Waals surface area contributed by atoms with E-state index in [1.807, 2.05) is 0 Å². The van der Waals surface area contributed by atoms with E-state index in [1.165, 1.54) is 38.5 Å². The molecule has 0 spiro atoms. The summed E-state index contributed by atoms with van der Waals surface area (Å²) in [6, 6.07) is 6.07. The second-order valence-corrected chi connectivity index (χ2v) is 9.14. The minimum Gasteiger partial charge on any atom is -0.496 e. The predicted molar refractivity (Wildman–Crippen MR) is 142 cm³/mol. The van der Waals surface area contributed by atoms with Gasteiger partial charge in [0.1, 0.15) is 17.9 Å². The number of carboxylic acid groups (broad SMARTS) is 1. The van der Waals surface area contributed by atoms with E-state index in [0.29, 0.717) is 40.1 Å². The van der Waals surface area contributed by atoms with Crippen LogP contribution in [0.2, 0.25) is 0 Å². The molecule has 0 unspecified atom stereocenters. The van der Waals surface area contributed by atoms with Crippen molar-refractivity contribution in [2.45, 2.75) is 52.6 Å². The third kappa shape index (κ3) is 7.25. The van der Waals surface area contributed by atoms with Crippen molar-refractivity contribution < 1.29 is 48.0 Å². The molecule has 1 aliphatic rings. The summed E-state index contributed by atoms with van der Waals surface area (Å²) in [5, 5.41) is 11.6. The number of anilines is 1. The van der Waals surface area contributed by atoms with Gasteiger partial charge in [0.2, 0.25) is 5.91 Å². The highest BCUT2D eigenvalue weighted by molar-refractivity contribution is 5.99. The summed E-state index contributed by atoms with van der Waals surface area (Å²) in [5.74, 6) is -2.82. The molecule has 11 nitrogen and oxygen atoms in total. The fraction of sp³-hybridized carbons (Fsp3) is 0.345. The van der Waals surface area contributed by atoms with Gasteiger partial charge in [-0.1, -0.05) is 11.6 Å². The largest absolute Gasteiger partial charge is 0.496 e. The van der Waals surface area contributed by atoms with Gasteiger partial charge in [-0.3, -0.25) is 14.4 Å². The topological polar surface area (TPSA) is 155 Å². The predicted octanol–water partition coefficient (Wildman–Crippen LogP) is 4.14. The van der Waals surface area contributed by atoms with Crippen molar-refractivity contribution in [3.05, 3.63) is 63.7 Å². The van der Waals surface area contributed by atoms with Gasteiger partial charge in [0.15, 0.2) is 5.75 Å². The number of allylic oxidation sites excluding steroid dienone is 2. The second-order valence-electron chi connectivity index (χ2n) is 9.14. The van der Waals surface area contributed by atoms with Crippen molar-refractivity contribution in [2.24, 2.45) is 0 Å². The average molecular weight is 554 g/mol. The van der Waals surface area contributed by atoms with Crippen LogP contribution in [0.3, 0.4) is 0 Å². The smallest absolute Gasteiger partial charge is 0.342 e. The number of hydrogen-bond donors (Lipinski definition) is 2. The van der Waals surface area contributed by atoms with Crippen molar-refractivity contribution >= 4 is 35.5 Å². The van der Waals surface area contributed by atoms with Crippen molar-refractivity contribution in [2.75, 3.05) is 19.5 Å². The Morgan fingerprint density at radius 3 is 2.35 bits per heavy atom. The van der Waals surface area contributed by atoms with Crippen LogP contribution in [0.25, 0.3) is 0 Å². The van der Waals surface area contributed by atoms with Crippen LogP contribution in [0.1, 0.15) is 70.0 Å². The first-order valence-corrected chi connectivity index (χ1v) is 12.5. The lowest BCUT2D eigenvalue weighted by molar-refractivity contribution is -0.137. The molecule has 0 saturated carbocycles. The van der Waals surface area contributed by atoms with Crippen molar-refractivity contribution in [1.29, 1.82) is 0 Å². The average Bonchev–Trinajstić information content (AvgIpc) is 3.32. The molecule has 1 heterocycles. The highest BCUT2D eigenvalue weighted by Crippen LogP contribution is 2.43. The summed E-state index contributed by atoms with van der Waals surface area (Å²) in [6.07, 6.45) is 1.83. The lowest BCUT2D eigenvalue weighted by atomic mass is 9.94.